The van der Waals surface area contributed by atoms with Crippen molar-refractivity contribution in [3.63, 3.8) is 0 Å². The molecule has 4 nitrogen and oxygen atoms in total. The minimum absolute atomic E-state index is 0.268. The number of rotatable bonds is 9. The van der Waals surface area contributed by atoms with Gasteiger partial charge in [-0.15, -0.1) is 0 Å². The summed E-state index contributed by atoms with van der Waals surface area (Å²) in [6.45, 7) is 0. The number of halogens is 1. The molecule has 316 valence electrons. The number of anilines is 3. The zero-order valence-electron chi connectivity index (χ0n) is 36.3. The Hall–Kier alpha value is -8.44. The molecule has 0 saturated heterocycles. The van der Waals surface area contributed by atoms with Crippen LogP contribution in [0.5, 0.6) is 0 Å². The molecule has 0 aliphatic heterocycles. The van der Waals surface area contributed by atoms with Crippen molar-refractivity contribution in [1.29, 1.82) is 5.26 Å². The van der Waals surface area contributed by atoms with Crippen LogP contribution in [0.4, 0.5) is 21.5 Å². The van der Waals surface area contributed by atoms with Crippen LogP contribution in [0.1, 0.15) is 5.56 Å². The average molecular weight is 922 g/mol. The first kappa shape index (κ1) is 40.1. The summed E-state index contributed by atoms with van der Waals surface area (Å²) in [4.78, 5) is 2.29. The SMILES string of the molecule is N#Cc1ccc(N(c2ccc3c(c2)c2ccccc2n3-c2ccc(F)cc2)c2ccc3c(c2)c2c[c]([Ge]([c]4ccccc4)([c]4ccccc4)[c]4ccccc4)ccc2n3-c2ccccc2)cc1. The number of fused-ring (bicyclic) bond motifs is 6. The van der Waals surface area contributed by atoms with Crippen molar-refractivity contribution in [2.24, 2.45) is 0 Å². The second-order valence-electron chi connectivity index (χ2n) is 17.0. The van der Waals surface area contributed by atoms with E-state index in [0.717, 1.165) is 66.7 Å². The van der Waals surface area contributed by atoms with Gasteiger partial charge in [0.15, 0.2) is 0 Å². The van der Waals surface area contributed by atoms with Crippen LogP contribution in [0.25, 0.3) is 55.0 Å². The Morgan fingerprint density at radius 1 is 0.358 bits per heavy atom. The zero-order valence-corrected chi connectivity index (χ0v) is 38.4. The van der Waals surface area contributed by atoms with Crippen molar-refractivity contribution in [1.82, 2.24) is 9.13 Å². The van der Waals surface area contributed by atoms with E-state index in [4.69, 9.17) is 0 Å². The van der Waals surface area contributed by atoms with Crippen LogP contribution in [-0.4, -0.2) is 22.4 Å². The van der Waals surface area contributed by atoms with Crippen LogP contribution in [0.15, 0.2) is 249 Å². The first-order chi connectivity index (χ1) is 33.1. The molecule has 10 aromatic carbocycles. The van der Waals surface area contributed by atoms with E-state index in [2.05, 4.69) is 214 Å². The molecule has 0 amide bonds. The fraction of sp³-hybridized carbons (Fsp3) is 0. The third-order valence-electron chi connectivity index (χ3n) is 13.3. The van der Waals surface area contributed by atoms with Crippen LogP contribution in [0.2, 0.25) is 0 Å². The van der Waals surface area contributed by atoms with E-state index < -0.39 is 13.3 Å². The van der Waals surface area contributed by atoms with Crippen molar-refractivity contribution in [2.75, 3.05) is 4.90 Å². The number of benzene rings is 10. The Bertz CT molecular complexity index is 3710. The Morgan fingerprint density at radius 3 is 1.31 bits per heavy atom. The van der Waals surface area contributed by atoms with Gasteiger partial charge in [0, 0.05) is 5.69 Å². The Labute approximate surface area is 390 Å². The van der Waals surface area contributed by atoms with E-state index in [1.165, 1.54) is 35.1 Å². The first-order valence-corrected chi connectivity index (χ1v) is 26.7. The molecule has 0 spiro atoms. The summed E-state index contributed by atoms with van der Waals surface area (Å²) in [5.74, 6) is -0.268. The maximum absolute atomic E-state index is 14.2. The van der Waals surface area contributed by atoms with E-state index in [1.54, 1.807) is 0 Å². The predicted molar refractivity (Wildman–Crippen MR) is 278 cm³/mol. The van der Waals surface area contributed by atoms with Gasteiger partial charge in [-0.3, -0.25) is 0 Å². The summed E-state index contributed by atoms with van der Waals surface area (Å²) in [5, 5.41) is 14.3. The van der Waals surface area contributed by atoms with Gasteiger partial charge in [0.25, 0.3) is 0 Å². The summed E-state index contributed by atoms with van der Waals surface area (Å²) in [6, 6.07) is 89.9. The zero-order chi connectivity index (χ0) is 44.9. The number of nitrogens with zero attached hydrogens (tertiary/aromatic N) is 4. The molecule has 12 rings (SSSR count). The molecule has 67 heavy (non-hydrogen) atoms. The van der Waals surface area contributed by atoms with Gasteiger partial charge in [0.1, 0.15) is 5.82 Å². The molecule has 0 radical (unpaired) electrons. The van der Waals surface area contributed by atoms with Gasteiger partial charge in [0.2, 0.25) is 0 Å². The normalized spacial score (nSPS) is 11.6. The number of para-hydroxylation sites is 2. The molecule has 2 heterocycles. The van der Waals surface area contributed by atoms with Gasteiger partial charge in [-0.05, 0) is 30.3 Å². The number of hydrogen-bond donors (Lipinski definition) is 0. The van der Waals surface area contributed by atoms with E-state index in [0.29, 0.717) is 5.56 Å². The van der Waals surface area contributed by atoms with Crippen molar-refractivity contribution in [2.45, 2.75) is 0 Å². The molecule has 0 unspecified atom stereocenters. The third kappa shape index (κ3) is 6.64. The molecule has 0 N–H and O–H groups in total. The quantitative estimate of drug-likeness (QED) is 0.135. The van der Waals surface area contributed by atoms with Crippen molar-refractivity contribution in [3.8, 4) is 17.4 Å². The maximum atomic E-state index is 14.2. The Balaban J connectivity index is 1.13. The molecule has 0 saturated carbocycles. The number of aromatic nitrogens is 2. The molecule has 6 heteroatoms. The second-order valence-corrected chi connectivity index (χ2v) is 25.0. The summed E-state index contributed by atoms with van der Waals surface area (Å²) >= 11 is -3.65. The summed E-state index contributed by atoms with van der Waals surface area (Å²) in [6.07, 6.45) is 0. The Morgan fingerprint density at radius 2 is 0.776 bits per heavy atom. The van der Waals surface area contributed by atoms with Gasteiger partial charge < -0.3 is 0 Å². The van der Waals surface area contributed by atoms with Crippen LogP contribution >= 0.6 is 0 Å². The van der Waals surface area contributed by atoms with Crippen LogP contribution in [0.3, 0.4) is 0 Å². The molecule has 0 atom stereocenters. The van der Waals surface area contributed by atoms with E-state index in [-0.39, 0.29) is 5.82 Å². The number of nitriles is 1. The van der Waals surface area contributed by atoms with Crippen molar-refractivity contribution in [3.05, 3.63) is 260 Å². The van der Waals surface area contributed by atoms with Gasteiger partial charge in [-0.2, -0.15) is 5.26 Å². The molecular weight excluding hydrogens is 880 g/mol. The average Bonchev–Trinajstić information content (AvgIpc) is 3.90. The summed E-state index contributed by atoms with van der Waals surface area (Å²) < 4.78 is 24.2. The molecule has 0 fully saturated rings. The minimum atomic E-state index is -3.65. The van der Waals surface area contributed by atoms with Gasteiger partial charge in [-0.25, -0.2) is 4.39 Å². The summed E-state index contributed by atoms with van der Waals surface area (Å²) in [7, 11) is 0. The standard InChI is InChI=1S/C61H41FGeN4/c62-44-27-32-51(33-28-44)67-58-24-14-13-23-54(58)56-40-52(34-37-60(56)67)65(50-30-25-43(42-64)26-31-50)53-35-38-61-57(41-53)55-39-48(29-36-59(55)66(61)49-21-11-4-12-22-49)63(45-15-5-1-6-16-45,46-17-7-2-8-18-46)47-19-9-3-10-20-47/h1-41H. The first-order valence-electron chi connectivity index (χ1n) is 22.5. The van der Waals surface area contributed by atoms with E-state index in [1.807, 2.05) is 42.5 Å². The molecule has 0 bridgehead atoms. The molecule has 2 aromatic heterocycles. The van der Waals surface area contributed by atoms with Gasteiger partial charge >= 0.3 is 329 Å². The van der Waals surface area contributed by atoms with Crippen molar-refractivity contribution < 1.29 is 4.39 Å². The molecule has 0 aliphatic rings. The van der Waals surface area contributed by atoms with Gasteiger partial charge in [0.05, 0.1) is 0 Å². The monoisotopic (exact) mass is 922 g/mol. The molecule has 12 aromatic rings. The topological polar surface area (TPSA) is 36.9 Å². The van der Waals surface area contributed by atoms with Crippen LogP contribution < -0.4 is 22.5 Å². The summed E-state index contributed by atoms with van der Waals surface area (Å²) in [5.41, 5.74) is 9.77. The van der Waals surface area contributed by atoms with Crippen LogP contribution in [0, 0.1) is 17.1 Å². The predicted octanol–water partition coefficient (Wildman–Crippen LogP) is 12.7. The van der Waals surface area contributed by atoms with E-state index in [9.17, 15) is 9.65 Å². The Kier molecular flexibility index (Phi) is 9.89. The van der Waals surface area contributed by atoms with E-state index >= 15 is 0 Å². The molecule has 0 aliphatic carbocycles. The molecular formula is C61H41FGeN4. The fourth-order valence-electron chi connectivity index (χ4n) is 10.4. The number of hydrogen-bond acceptors (Lipinski definition) is 2. The third-order valence-corrected chi connectivity index (χ3v) is 23.3. The fourth-order valence-corrected chi connectivity index (χ4v) is 20.4. The van der Waals surface area contributed by atoms with Gasteiger partial charge in [-0.1, -0.05) is 12.1 Å². The second kappa shape index (κ2) is 16.5. The van der Waals surface area contributed by atoms with Crippen LogP contribution in [-0.2, 0) is 0 Å². The van der Waals surface area contributed by atoms with Crippen molar-refractivity contribution >= 4 is 91.5 Å².